The second-order valence-electron chi connectivity index (χ2n) is 6.76. The molecule has 0 atom stereocenters. The molecule has 0 aromatic heterocycles. The molecule has 31 heavy (non-hydrogen) atoms. The molecule has 4 aromatic rings. The Morgan fingerprint density at radius 3 is 1.00 bits per heavy atom. The van der Waals surface area contributed by atoms with Gasteiger partial charge in [-0.3, -0.25) is 0 Å². The van der Waals surface area contributed by atoms with E-state index < -0.39 is 12.9 Å². The van der Waals surface area contributed by atoms with Gasteiger partial charge in [-0.05, 0) is 42.0 Å². The Hall–Kier alpha value is -0.251. The van der Waals surface area contributed by atoms with Gasteiger partial charge in [-0.15, -0.1) is 0 Å². The molecule has 0 fully saturated rings. The summed E-state index contributed by atoms with van der Waals surface area (Å²) in [6, 6.07) is 44.0. The third-order valence-corrected chi connectivity index (χ3v) is 9.23. The van der Waals surface area contributed by atoms with Gasteiger partial charge >= 0.3 is 62.1 Å². The summed E-state index contributed by atoms with van der Waals surface area (Å²) in [6.07, 6.45) is 1.03. The third-order valence-electron chi connectivity index (χ3n) is 4.85. The molecule has 0 nitrogen and oxygen atoms in total. The van der Waals surface area contributed by atoms with Gasteiger partial charge in [0.2, 0.25) is 0 Å². The molecule has 0 spiro atoms. The van der Waals surface area contributed by atoms with Crippen molar-refractivity contribution >= 4 is 79.6 Å². The van der Waals surface area contributed by atoms with Gasteiger partial charge in [0.1, 0.15) is 23.2 Å². The first-order chi connectivity index (χ1) is 14.9. The first-order valence-corrected chi connectivity index (χ1v) is 22.4. The minimum absolute atomic E-state index is 1.03. The van der Waals surface area contributed by atoms with Crippen LogP contribution in [0.25, 0.3) is 0 Å². The third kappa shape index (κ3) is 7.64. The summed E-state index contributed by atoms with van der Waals surface area (Å²) < 4.78 is 0. The molecule has 0 saturated heterocycles. The van der Waals surface area contributed by atoms with Gasteiger partial charge in [0.15, 0.2) is 0 Å². The van der Waals surface area contributed by atoms with Crippen molar-refractivity contribution in [3.8, 4) is 0 Å². The van der Waals surface area contributed by atoms with E-state index in [1.54, 1.807) is 0 Å². The van der Waals surface area contributed by atoms with E-state index in [2.05, 4.69) is 178 Å². The van der Waals surface area contributed by atoms with Crippen LogP contribution in [0, 0.1) is 0 Å². The molecule has 163 valence electrons. The maximum atomic E-state index is 3.25. The van der Waals surface area contributed by atoms with Crippen LogP contribution in [0.2, 0.25) is 0 Å². The van der Waals surface area contributed by atoms with E-state index in [0.29, 0.717) is 0 Å². The van der Waals surface area contributed by atoms with Crippen molar-refractivity contribution in [1.82, 2.24) is 0 Å². The molecule has 0 aliphatic heterocycles. The van der Waals surface area contributed by atoms with Crippen molar-refractivity contribution in [3.63, 3.8) is 0 Å². The normalized spacial score (nSPS) is 11.9. The summed E-state index contributed by atoms with van der Waals surface area (Å²) in [6.45, 7) is 0. The zero-order valence-electron chi connectivity index (χ0n) is 16.6. The Bertz CT molecular complexity index is 938. The first-order valence-electron chi connectivity index (χ1n) is 9.52. The van der Waals surface area contributed by atoms with Crippen molar-refractivity contribution in [1.29, 1.82) is 0 Å². The van der Waals surface area contributed by atoms with E-state index in [9.17, 15) is 0 Å². The first kappa shape index (κ1) is 25.4. The minimum atomic E-state index is -1.78. The Balaban J connectivity index is 0.000000491. The van der Waals surface area contributed by atoms with Crippen molar-refractivity contribution in [3.05, 3.63) is 127 Å². The van der Waals surface area contributed by atoms with Crippen LogP contribution in [-0.4, -0.2) is 0 Å². The van der Waals surface area contributed by atoms with E-state index in [-0.39, 0.29) is 0 Å². The molecule has 6 heteroatoms. The Labute approximate surface area is 216 Å². The second-order valence-corrected chi connectivity index (χ2v) is 43.7. The zero-order valence-corrected chi connectivity index (χ0v) is 24.9. The SMILES string of the molecule is [Br][Fe-]([Br])([Br])[Br].c1ccc(C[P+](c2ccccc2)(c2ccccc2)c2ccccc2)cc1. The summed E-state index contributed by atoms with van der Waals surface area (Å²) in [5, 5.41) is 4.30. The summed E-state index contributed by atoms with van der Waals surface area (Å²) in [4.78, 5) is 0. The number of hydrogen-bond donors (Lipinski definition) is 0. The summed E-state index contributed by atoms with van der Waals surface area (Å²) in [5.74, 6) is 0. The molecule has 0 amide bonds. The average molecular weight is 729 g/mol. The largest absolute Gasteiger partial charge is 0.116 e. The van der Waals surface area contributed by atoms with Crippen molar-refractivity contribution in [2.75, 3.05) is 0 Å². The predicted molar refractivity (Wildman–Crippen MR) is 151 cm³/mol. The predicted octanol–water partition coefficient (Wildman–Crippen LogP) is 8.56. The van der Waals surface area contributed by atoms with Crippen LogP contribution in [0.4, 0.5) is 0 Å². The van der Waals surface area contributed by atoms with Crippen molar-refractivity contribution < 1.29 is 5.61 Å². The molecule has 0 saturated carbocycles. The van der Waals surface area contributed by atoms with Crippen LogP contribution >= 0.6 is 63.7 Å². The van der Waals surface area contributed by atoms with Crippen LogP contribution in [0.1, 0.15) is 5.56 Å². The molecule has 0 radical (unpaired) electrons. The van der Waals surface area contributed by atoms with Gasteiger partial charge in [-0.1, -0.05) is 84.9 Å². The van der Waals surface area contributed by atoms with E-state index >= 15 is 0 Å². The van der Waals surface area contributed by atoms with E-state index in [0.717, 1.165) is 6.16 Å². The standard InChI is InChI=1S/C25H22P.4BrH.Fe/c1-5-13-22(14-6-1)21-26(23-15-7-2-8-16-23,24-17-9-3-10-18-24)25-19-11-4-12-20-25;;;;;/h1-20H,21H2;4*1H;/q+1;;;;;+3/p-4. The molecule has 0 aliphatic carbocycles. The van der Waals surface area contributed by atoms with Gasteiger partial charge in [0.25, 0.3) is 0 Å². The number of benzene rings is 4. The molecule has 0 aliphatic rings. The quantitative estimate of drug-likeness (QED) is 0.143. The number of halogens is 4. The van der Waals surface area contributed by atoms with Crippen molar-refractivity contribution in [2.45, 2.75) is 6.16 Å². The van der Waals surface area contributed by atoms with Crippen LogP contribution in [0.15, 0.2) is 121 Å². The monoisotopic (exact) mass is 725 g/mol. The molecule has 0 bridgehead atoms. The van der Waals surface area contributed by atoms with Gasteiger partial charge in [0.05, 0.1) is 6.16 Å². The van der Waals surface area contributed by atoms with E-state index in [1.165, 1.54) is 21.5 Å². The fraction of sp³-hybridized carbons (Fsp3) is 0.0400. The molecular formula is C25H22Br4FeP. The van der Waals surface area contributed by atoms with Crippen molar-refractivity contribution in [2.24, 2.45) is 0 Å². The molecule has 0 unspecified atom stereocenters. The zero-order chi connectivity index (χ0) is 22.2. The Morgan fingerprint density at radius 1 is 0.452 bits per heavy atom. The van der Waals surface area contributed by atoms with Gasteiger partial charge < -0.3 is 0 Å². The summed E-state index contributed by atoms with van der Waals surface area (Å²) in [7, 11) is -1.78. The molecule has 4 rings (SSSR count). The molecular weight excluding hydrogens is 707 g/mol. The average Bonchev–Trinajstić information content (AvgIpc) is 2.79. The fourth-order valence-corrected chi connectivity index (χ4v) is 7.87. The number of rotatable bonds is 5. The summed E-state index contributed by atoms with van der Waals surface area (Å²) >= 11 is 13.0. The van der Waals surface area contributed by atoms with Crippen LogP contribution in [0.3, 0.4) is 0 Å². The second kappa shape index (κ2) is 12.3. The molecule has 4 aromatic carbocycles. The number of hydrogen-bond acceptors (Lipinski definition) is 0. The Kier molecular flexibility index (Phi) is 10.1. The van der Waals surface area contributed by atoms with E-state index in [1.807, 2.05) is 0 Å². The molecule has 0 heterocycles. The van der Waals surface area contributed by atoms with Gasteiger partial charge in [0, 0.05) is 0 Å². The fourth-order valence-electron chi connectivity index (χ4n) is 3.63. The Morgan fingerprint density at radius 2 is 0.710 bits per heavy atom. The van der Waals surface area contributed by atoms with Crippen LogP contribution < -0.4 is 15.9 Å². The van der Waals surface area contributed by atoms with Crippen LogP contribution in [-0.2, 0) is 11.8 Å². The van der Waals surface area contributed by atoms with Gasteiger partial charge in [-0.2, -0.15) is 0 Å². The molecule has 0 N–H and O–H groups in total. The van der Waals surface area contributed by atoms with Gasteiger partial charge in [-0.25, -0.2) is 0 Å². The maximum Gasteiger partial charge on any atom is 0.116 e. The van der Waals surface area contributed by atoms with Crippen LogP contribution in [0.5, 0.6) is 0 Å². The smallest absolute Gasteiger partial charge is 0.0622 e. The maximum absolute atomic E-state index is 3.25. The topological polar surface area (TPSA) is 0 Å². The van der Waals surface area contributed by atoms with E-state index in [4.69, 9.17) is 0 Å². The summed E-state index contributed by atoms with van der Waals surface area (Å²) in [5.41, 5.74) is 0.136. The minimum Gasteiger partial charge on any atom is -0.0622 e.